The molecular formula is C25H27ClN4O4. The van der Waals surface area contributed by atoms with Gasteiger partial charge in [-0.1, -0.05) is 17.7 Å². The number of halogens is 1. The summed E-state index contributed by atoms with van der Waals surface area (Å²) < 4.78 is 17.3. The van der Waals surface area contributed by atoms with E-state index in [1.807, 2.05) is 38.1 Å². The molecule has 0 spiro atoms. The predicted molar refractivity (Wildman–Crippen MR) is 130 cm³/mol. The Balaban J connectivity index is 1.56. The molecule has 1 saturated heterocycles. The Bertz CT molecular complexity index is 1210. The summed E-state index contributed by atoms with van der Waals surface area (Å²) in [6.45, 7) is 5.92. The Morgan fingerprint density at radius 3 is 3.00 bits per heavy atom. The highest BCUT2D eigenvalue weighted by Gasteiger charge is 2.31. The summed E-state index contributed by atoms with van der Waals surface area (Å²) in [7, 11) is 0. The monoisotopic (exact) mass is 482 g/mol. The van der Waals surface area contributed by atoms with Crippen molar-refractivity contribution in [3.05, 3.63) is 58.5 Å². The fourth-order valence-corrected chi connectivity index (χ4v) is 4.50. The average molecular weight is 483 g/mol. The van der Waals surface area contributed by atoms with Crippen LogP contribution in [0.15, 0.2) is 36.7 Å². The van der Waals surface area contributed by atoms with Crippen molar-refractivity contribution in [1.82, 2.24) is 15.3 Å². The molecule has 9 heteroatoms. The number of benzene rings is 1. The fourth-order valence-electron chi connectivity index (χ4n) is 4.33. The number of amides is 1. The summed E-state index contributed by atoms with van der Waals surface area (Å²) in [5, 5.41) is 7.15. The number of carbonyl (C=O) groups excluding carboxylic acids is 1. The molecule has 1 amide bonds. The number of carbonyl (C=O) groups is 1. The Labute approximate surface area is 203 Å². The predicted octanol–water partition coefficient (Wildman–Crippen LogP) is 4.25. The van der Waals surface area contributed by atoms with E-state index in [2.05, 4.69) is 20.6 Å². The van der Waals surface area contributed by atoms with Crippen LogP contribution in [0.1, 0.15) is 28.5 Å². The number of ether oxygens (including phenoxy) is 3. The highest BCUT2D eigenvalue weighted by atomic mass is 35.5. The van der Waals surface area contributed by atoms with Gasteiger partial charge in [0.1, 0.15) is 18.5 Å². The largest absolute Gasteiger partial charge is 0.488 e. The van der Waals surface area contributed by atoms with Crippen LogP contribution in [0.25, 0.3) is 11.3 Å². The van der Waals surface area contributed by atoms with Crippen LogP contribution in [-0.4, -0.2) is 54.4 Å². The summed E-state index contributed by atoms with van der Waals surface area (Å²) in [4.78, 5) is 20.8. The normalized spacial score (nSPS) is 19.9. The molecule has 34 heavy (non-hydrogen) atoms. The van der Waals surface area contributed by atoms with Crippen LogP contribution < -0.4 is 15.4 Å². The lowest BCUT2D eigenvalue weighted by molar-refractivity contribution is -0.101. The van der Waals surface area contributed by atoms with Gasteiger partial charge >= 0.3 is 0 Å². The summed E-state index contributed by atoms with van der Waals surface area (Å²) in [6.07, 6.45) is 3.94. The first-order valence-electron chi connectivity index (χ1n) is 11.4. The molecule has 2 atom stereocenters. The molecule has 5 rings (SSSR count). The number of pyridine rings is 1. The molecule has 2 aliphatic rings. The molecule has 0 saturated carbocycles. The number of aromatic nitrogens is 2. The third-order valence-corrected chi connectivity index (χ3v) is 6.49. The first kappa shape index (κ1) is 22.7. The minimum atomic E-state index is -0.142. The van der Waals surface area contributed by atoms with Crippen LogP contribution in [0.4, 0.5) is 11.4 Å². The Hall–Kier alpha value is -3.07. The van der Waals surface area contributed by atoms with Crippen molar-refractivity contribution in [2.75, 3.05) is 31.7 Å². The zero-order chi connectivity index (χ0) is 23.7. The highest BCUT2D eigenvalue weighted by molar-refractivity contribution is 6.31. The molecule has 8 nitrogen and oxygen atoms in total. The molecule has 0 aliphatic carbocycles. The third-order valence-electron chi connectivity index (χ3n) is 6.08. The van der Waals surface area contributed by atoms with Crippen LogP contribution in [0, 0.1) is 6.92 Å². The summed E-state index contributed by atoms with van der Waals surface area (Å²) in [5.41, 5.74) is 5.43. The first-order valence-corrected chi connectivity index (χ1v) is 11.7. The maximum atomic E-state index is 13.0. The van der Waals surface area contributed by atoms with E-state index in [1.54, 1.807) is 12.4 Å². The fraction of sp³-hybridized carbons (Fsp3) is 0.360. The van der Waals surface area contributed by atoms with Crippen molar-refractivity contribution < 1.29 is 19.0 Å². The zero-order valence-corrected chi connectivity index (χ0v) is 19.9. The zero-order valence-electron chi connectivity index (χ0n) is 19.1. The van der Waals surface area contributed by atoms with Gasteiger partial charge in [-0.3, -0.25) is 9.78 Å². The molecule has 3 aromatic rings. The molecule has 0 bridgehead atoms. The number of nitrogens with one attached hydrogen (secondary N) is 3. The number of aromatic amines is 1. The van der Waals surface area contributed by atoms with Gasteiger partial charge in [-0.05, 0) is 37.6 Å². The summed E-state index contributed by atoms with van der Waals surface area (Å²) >= 11 is 6.36. The molecule has 2 aromatic heterocycles. The van der Waals surface area contributed by atoms with Crippen molar-refractivity contribution >= 4 is 28.9 Å². The van der Waals surface area contributed by atoms with Crippen LogP contribution in [-0.2, 0) is 15.9 Å². The van der Waals surface area contributed by atoms with E-state index < -0.39 is 0 Å². The maximum Gasteiger partial charge on any atom is 0.255 e. The van der Waals surface area contributed by atoms with E-state index in [1.165, 1.54) is 0 Å². The van der Waals surface area contributed by atoms with Gasteiger partial charge in [-0.25, -0.2) is 0 Å². The van der Waals surface area contributed by atoms with Gasteiger partial charge in [0, 0.05) is 40.6 Å². The van der Waals surface area contributed by atoms with E-state index in [0.29, 0.717) is 54.9 Å². The minimum absolute atomic E-state index is 0.0314. The van der Waals surface area contributed by atoms with Gasteiger partial charge in [0.2, 0.25) is 0 Å². The maximum absolute atomic E-state index is 13.0. The Morgan fingerprint density at radius 2 is 2.18 bits per heavy atom. The second-order valence-electron chi connectivity index (χ2n) is 8.60. The molecule has 178 valence electrons. The second-order valence-corrected chi connectivity index (χ2v) is 9.00. The summed E-state index contributed by atoms with van der Waals surface area (Å²) in [6, 6.07) is 7.57. The standard InChI is InChI=1S/C25H27ClN4O4/c1-14-10-20-22(25(31)28-14)24(29-19-5-3-4-18(26)15(19)2)23(30-20)17-6-7-27-11-21(17)34-13-16-12-32-8-9-33-16/h3-7,11,14,16,29-30H,8-10,12-13H2,1-2H3,(H,28,31). The number of H-pyrrole nitrogens is 1. The van der Waals surface area contributed by atoms with Crippen molar-refractivity contribution in [2.45, 2.75) is 32.4 Å². The third kappa shape index (κ3) is 4.49. The molecule has 0 radical (unpaired) electrons. The molecule has 1 fully saturated rings. The van der Waals surface area contributed by atoms with E-state index in [4.69, 9.17) is 25.8 Å². The van der Waals surface area contributed by atoms with Crippen LogP contribution in [0.3, 0.4) is 0 Å². The molecule has 1 aromatic carbocycles. The molecule has 4 heterocycles. The number of hydrogen-bond acceptors (Lipinski definition) is 6. The van der Waals surface area contributed by atoms with Crippen molar-refractivity contribution in [3.63, 3.8) is 0 Å². The smallest absolute Gasteiger partial charge is 0.255 e. The number of nitrogens with zero attached hydrogens (tertiary/aromatic N) is 1. The van der Waals surface area contributed by atoms with E-state index in [9.17, 15) is 4.79 Å². The van der Waals surface area contributed by atoms with E-state index >= 15 is 0 Å². The lowest BCUT2D eigenvalue weighted by atomic mass is 10.0. The number of anilines is 2. The van der Waals surface area contributed by atoms with Gasteiger partial charge in [0.15, 0.2) is 0 Å². The average Bonchev–Trinajstić information content (AvgIpc) is 3.19. The number of rotatable bonds is 6. The second kappa shape index (κ2) is 9.66. The SMILES string of the molecule is Cc1c(Cl)cccc1Nc1c(-c2ccncc2OCC2COCCO2)[nH]c2c1C(=O)NC(C)C2. The quantitative estimate of drug-likeness (QED) is 0.486. The lowest BCUT2D eigenvalue weighted by Gasteiger charge is -2.23. The number of fused-ring (bicyclic) bond motifs is 1. The van der Waals surface area contributed by atoms with Gasteiger partial charge < -0.3 is 29.8 Å². The molecule has 2 aliphatic heterocycles. The highest BCUT2D eigenvalue weighted by Crippen LogP contribution is 2.41. The summed E-state index contributed by atoms with van der Waals surface area (Å²) in [5.74, 6) is 0.470. The molecule has 2 unspecified atom stereocenters. The Kier molecular flexibility index (Phi) is 6.45. The lowest BCUT2D eigenvalue weighted by Crippen LogP contribution is -2.39. The topological polar surface area (TPSA) is 97.5 Å². The molecule has 3 N–H and O–H groups in total. The van der Waals surface area contributed by atoms with Crippen LogP contribution >= 0.6 is 11.6 Å². The minimum Gasteiger partial charge on any atom is -0.488 e. The van der Waals surface area contributed by atoms with E-state index in [0.717, 1.165) is 28.2 Å². The van der Waals surface area contributed by atoms with Gasteiger partial charge in [-0.2, -0.15) is 0 Å². The number of hydrogen-bond donors (Lipinski definition) is 3. The molecular weight excluding hydrogens is 456 g/mol. The van der Waals surface area contributed by atoms with Crippen LogP contribution in [0.2, 0.25) is 5.02 Å². The van der Waals surface area contributed by atoms with Crippen molar-refractivity contribution in [3.8, 4) is 17.0 Å². The first-order chi connectivity index (χ1) is 16.5. The van der Waals surface area contributed by atoms with E-state index in [-0.39, 0.29) is 18.1 Å². The van der Waals surface area contributed by atoms with Gasteiger partial charge in [0.25, 0.3) is 5.91 Å². The van der Waals surface area contributed by atoms with Crippen molar-refractivity contribution in [2.24, 2.45) is 0 Å². The Morgan fingerprint density at radius 1 is 1.29 bits per heavy atom. The van der Waals surface area contributed by atoms with Crippen LogP contribution in [0.5, 0.6) is 5.75 Å². The van der Waals surface area contributed by atoms with Gasteiger partial charge in [0.05, 0.1) is 43.0 Å². The van der Waals surface area contributed by atoms with Crippen molar-refractivity contribution in [1.29, 1.82) is 0 Å². The van der Waals surface area contributed by atoms with Gasteiger partial charge in [-0.15, -0.1) is 0 Å².